The molecule has 0 fully saturated rings. The summed E-state index contributed by atoms with van der Waals surface area (Å²) in [4.78, 5) is 17.1. The molecule has 0 saturated heterocycles. The largest absolute Gasteiger partial charge is 0.480 e. The standard InChI is InChI=1S/C20H20BrN3O4/c1-24(11-18(25)26)10-13-4-3-5-14(8-13)19-22-20(28-23-19)15-6-7-17(21)16(9-15)12-27-2/h3-9H,10-12H2,1-2H3,(H,25,26). The number of carboxylic acids is 1. The zero-order valence-electron chi connectivity index (χ0n) is 15.6. The first-order valence-corrected chi connectivity index (χ1v) is 9.36. The van der Waals surface area contributed by atoms with Crippen molar-refractivity contribution in [3.8, 4) is 22.8 Å². The number of ether oxygens (including phenoxy) is 1. The Morgan fingerprint density at radius 2 is 2.07 bits per heavy atom. The summed E-state index contributed by atoms with van der Waals surface area (Å²) in [6, 6.07) is 13.4. The van der Waals surface area contributed by atoms with E-state index in [4.69, 9.17) is 14.4 Å². The maximum atomic E-state index is 10.8. The van der Waals surface area contributed by atoms with Crippen LogP contribution in [0.3, 0.4) is 0 Å². The summed E-state index contributed by atoms with van der Waals surface area (Å²) in [7, 11) is 3.41. The van der Waals surface area contributed by atoms with Crippen LogP contribution in [0.25, 0.3) is 22.8 Å². The number of hydrogen-bond donors (Lipinski definition) is 1. The predicted molar refractivity (Wildman–Crippen MR) is 108 cm³/mol. The Hall–Kier alpha value is -2.55. The molecule has 0 aliphatic heterocycles. The monoisotopic (exact) mass is 445 g/mol. The van der Waals surface area contributed by atoms with Gasteiger partial charge in [-0.25, -0.2) is 0 Å². The van der Waals surface area contributed by atoms with Gasteiger partial charge in [0.2, 0.25) is 5.82 Å². The van der Waals surface area contributed by atoms with Gasteiger partial charge in [0.1, 0.15) is 0 Å². The molecule has 0 saturated carbocycles. The molecular weight excluding hydrogens is 426 g/mol. The van der Waals surface area contributed by atoms with Gasteiger partial charge in [-0.3, -0.25) is 9.69 Å². The third-order valence-electron chi connectivity index (χ3n) is 4.06. The number of rotatable bonds is 8. The fraction of sp³-hybridized carbons (Fsp3) is 0.250. The molecule has 3 aromatic rings. The lowest BCUT2D eigenvalue weighted by Crippen LogP contribution is -2.25. The highest BCUT2D eigenvalue weighted by Gasteiger charge is 2.13. The topological polar surface area (TPSA) is 88.7 Å². The molecule has 28 heavy (non-hydrogen) atoms. The van der Waals surface area contributed by atoms with E-state index in [9.17, 15) is 4.79 Å². The van der Waals surface area contributed by atoms with Gasteiger partial charge in [-0.15, -0.1) is 0 Å². The summed E-state index contributed by atoms with van der Waals surface area (Å²) in [5.74, 6) is 0.0472. The minimum Gasteiger partial charge on any atom is -0.480 e. The van der Waals surface area contributed by atoms with Crippen molar-refractivity contribution in [3.63, 3.8) is 0 Å². The molecule has 1 aromatic heterocycles. The van der Waals surface area contributed by atoms with E-state index in [1.165, 1.54) is 0 Å². The first-order valence-electron chi connectivity index (χ1n) is 8.57. The number of aliphatic carboxylic acids is 1. The molecule has 0 radical (unpaired) electrons. The number of halogens is 1. The van der Waals surface area contributed by atoms with Crippen molar-refractivity contribution in [2.24, 2.45) is 0 Å². The van der Waals surface area contributed by atoms with Crippen LogP contribution in [0, 0.1) is 0 Å². The van der Waals surface area contributed by atoms with Crippen LogP contribution >= 0.6 is 15.9 Å². The first-order chi connectivity index (χ1) is 13.5. The number of nitrogens with zero attached hydrogens (tertiary/aromatic N) is 3. The summed E-state index contributed by atoms with van der Waals surface area (Å²) < 4.78 is 11.6. The molecule has 1 heterocycles. The highest BCUT2D eigenvalue weighted by Crippen LogP contribution is 2.27. The van der Waals surface area contributed by atoms with Crippen LogP contribution in [0.5, 0.6) is 0 Å². The second kappa shape index (κ2) is 9.09. The molecule has 0 unspecified atom stereocenters. The molecule has 7 nitrogen and oxygen atoms in total. The van der Waals surface area contributed by atoms with Gasteiger partial charge in [0.25, 0.3) is 5.89 Å². The van der Waals surface area contributed by atoms with E-state index in [0.717, 1.165) is 26.7 Å². The van der Waals surface area contributed by atoms with Gasteiger partial charge in [0, 0.05) is 29.3 Å². The van der Waals surface area contributed by atoms with Gasteiger partial charge in [-0.1, -0.05) is 39.3 Å². The molecule has 2 aromatic carbocycles. The lowest BCUT2D eigenvalue weighted by molar-refractivity contribution is -0.138. The van der Waals surface area contributed by atoms with Crippen LogP contribution in [-0.2, 0) is 22.7 Å². The predicted octanol–water partition coefficient (Wildman–Crippen LogP) is 3.83. The normalized spacial score (nSPS) is 11.1. The van der Waals surface area contributed by atoms with E-state index in [-0.39, 0.29) is 6.54 Å². The van der Waals surface area contributed by atoms with Crippen molar-refractivity contribution in [1.29, 1.82) is 0 Å². The molecule has 146 valence electrons. The molecule has 0 spiro atoms. The van der Waals surface area contributed by atoms with E-state index in [1.807, 2.05) is 42.5 Å². The Kier molecular flexibility index (Phi) is 6.56. The SMILES string of the molecule is COCc1cc(-c2nc(-c3cccc(CN(C)CC(=O)O)c3)no2)ccc1Br. The van der Waals surface area contributed by atoms with Crippen LogP contribution < -0.4 is 0 Å². The van der Waals surface area contributed by atoms with Gasteiger partial charge in [-0.05, 0) is 42.4 Å². The Morgan fingerprint density at radius 1 is 1.25 bits per heavy atom. The van der Waals surface area contributed by atoms with Crippen molar-refractivity contribution in [1.82, 2.24) is 15.0 Å². The Bertz CT molecular complexity index is 974. The maximum absolute atomic E-state index is 10.8. The maximum Gasteiger partial charge on any atom is 0.317 e. The molecular formula is C20H20BrN3O4. The van der Waals surface area contributed by atoms with E-state index < -0.39 is 5.97 Å². The highest BCUT2D eigenvalue weighted by molar-refractivity contribution is 9.10. The van der Waals surface area contributed by atoms with Gasteiger partial charge in [0.15, 0.2) is 0 Å². The fourth-order valence-electron chi connectivity index (χ4n) is 2.84. The minimum atomic E-state index is -0.858. The smallest absolute Gasteiger partial charge is 0.317 e. The van der Waals surface area contributed by atoms with Crippen LogP contribution in [0.4, 0.5) is 0 Å². The van der Waals surface area contributed by atoms with Gasteiger partial charge < -0.3 is 14.4 Å². The van der Waals surface area contributed by atoms with E-state index in [2.05, 4.69) is 26.1 Å². The van der Waals surface area contributed by atoms with E-state index in [0.29, 0.717) is 24.9 Å². The Labute approximate surface area is 171 Å². The third kappa shape index (κ3) is 5.03. The zero-order valence-corrected chi connectivity index (χ0v) is 17.1. The second-order valence-corrected chi connectivity index (χ2v) is 7.28. The van der Waals surface area contributed by atoms with Crippen molar-refractivity contribution in [2.45, 2.75) is 13.2 Å². The van der Waals surface area contributed by atoms with Crippen molar-refractivity contribution < 1.29 is 19.2 Å². The molecule has 0 aliphatic carbocycles. The van der Waals surface area contributed by atoms with Crippen LogP contribution in [-0.4, -0.2) is 46.8 Å². The van der Waals surface area contributed by atoms with Crippen molar-refractivity contribution in [3.05, 3.63) is 58.1 Å². The summed E-state index contributed by atoms with van der Waals surface area (Å²) in [5.41, 5.74) is 3.58. The van der Waals surface area contributed by atoms with Crippen molar-refractivity contribution in [2.75, 3.05) is 20.7 Å². The van der Waals surface area contributed by atoms with Crippen LogP contribution in [0.1, 0.15) is 11.1 Å². The lowest BCUT2D eigenvalue weighted by Gasteiger charge is -2.14. The van der Waals surface area contributed by atoms with Gasteiger partial charge in [0.05, 0.1) is 13.2 Å². The van der Waals surface area contributed by atoms with Crippen molar-refractivity contribution >= 4 is 21.9 Å². The molecule has 0 aliphatic rings. The van der Waals surface area contributed by atoms with Crippen LogP contribution in [0.15, 0.2) is 51.5 Å². The molecule has 0 atom stereocenters. The van der Waals surface area contributed by atoms with Gasteiger partial charge >= 0.3 is 5.97 Å². The molecule has 1 N–H and O–H groups in total. The molecule has 0 amide bonds. The third-order valence-corrected chi connectivity index (χ3v) is 4.84. The van der Waals surface area contributed by atoms with Crippen LogP contribution in [0.2, 0.25) is 0 Å². The average molecular weight is 446 g/mol. The van der Waals surface area contributed by atoms with E-state index >= 15 is 0 Å². The highest BCUT2D eigenvalue weighted by atomic mass is 79.9. The Balaban J connectivity index is 1.81. The number of benzene rings is 2. The molecule has 0 bridgehead atoms. The Morgan fingerprint density at radius 3 is 2.82 bits per heavy atom. The minimum absolute atomic E-state index is 0.0238. The summed E-state index contributed by atoms with van der Waals surface area (Å²) in [6.45, 7) is 0.962. The number of methoxy groups -OCH3 is 1. The summed E-state index contributed by atoms with van der Waals surface area (Å²) >= 11 is 3.50. The second-order valence-electron chi connectivity index (χ2n) is 6.43. The average Bonchev–Trinajstić information content (AvgIpc) is 3.13. The zero-order chi connectivity index (χ0) is 20.1. The summed E-state index contributed by atoms with van der Waals surface area (Å²) in [6.07, 6.45) is 0. The molecule has 3 rings (SSSR count). The number of hydrogen-bond acceptors (Lipinski definition) is 6. The summed E-state index contributed by atoms with van der Waals surface area (Å²) in [5, 5.41) is 13.0. The van der Waals surface area contributed by atoms with Gasteiger partial charge in [-0.2, -0.15) is 4.98 Å². The molecule has 8 heteroatoms. The fourth-order valence-corrected chi connectivity index (χ4v) is 3.20. The number of carbonyl (C=O) groups is 1. The number of aromatic nitrogens is 2. The quantitative estimate of drug-likeness (QED) is 0.563. The lowest BCUT2D eigenvalue weighted by atomic mass is 10.1. The first kappa shape index (κ1) is 20.2. The van der Waals surface area contributed by atoms with E-state index in [1.54, 1.807) is 19.1 Å². The number of likely N-dealkylation sites (N-methyl/N-ethyl adjacent to an activating group) is 1. The number of carboxylic acid groups (broad SMARTS) is 1.